The van der Waals surface area contributed by atoms with E-state index in [1.165, 1.54) is 25.2 Å². The first-order chi connectivity index (χ1) is 11.9. The fourth-order valence-corrected chi connectivity index (χ4v) is 3.36. The summed E-state index contributed by atoms with van der Waals surface area (Å²) >= 11 is 6.12. The van der Waals surface area contributed by atoms with Gasteiger partial charge in [0.2, 0.25) is 10.0 Å². The number of para-hydroxylation sites is 1. The molecule has 0 aliphatic carbocycles. The number of rotatable bonds is 4. The number of hydrogen-bond acceptors (Lipinski definition) is 4. The Bertz CT molecular complexity index is 1070. The second-order valence-corrected chi connectivity index (χ2v) is 7.48. The number of benzene rings is 2. The smallest absolute Gasteiger partial charge is 0.255 e. The average molecular weight is 376 g/mol. The number of hydrogen-bond donors (Lipinski definition) is 2. The van der Waals surface area contributed by atoms with Crippen molar-refractivity contribution in [3.05, 3.63) is 65.3 Å². The van der Waals surface area contributed by atoms with Crippen LogP contribution >= 0.6 is 11.6 Å². The van der Waals surface area contributed by atoms with E-state index in [0.29, 0.717) is 21.6 Å². The number of fused-ring (bicyclic) bond motifs is 1. The Morgan fingerprint density at radius 3 is 2.64 bits per heavy atom. The lowest BCUT2D eigenvalue weighted by atomic mass is 10.1. The molecular formula is C17H14ClN3O3S. The zero-order chi connectivity index (χ0) is 18.0. The Labute approximate surface area is 149 Å². The first-order valence-electron chi connectivity index (χ1n) is 7.30. The highest BCUT2D eigenvalue weighted by Gasteiger charge is 2.15. The minimum absolute atomic E-state index is 0.0188. The number of pyridine rings is 1. The molecular weight excluding hydrogens is 362 g/mol. The van der Waals surface area contributed by atoms with Gasteiger partial charge in [-0.3, -0.25) is 9.78 Å². The third-order valence-electron chi connectivity index (χ3n) is 3.65. The largest absolute Gasteiger partial charge is 0.321 e. The minimum atomic E-state index is -3.62. The Morgan fingerprint density at radius 2 is 1.88 bits per heavy atom. The van der Waals surface area contributed by atoms with Crippen molar-refractivity contribution in [2.45, 2.75) is 4.90 Å². The number of halogens is 1. The number of nitrogens with zero attached hydrogens (tertiary/aromatic N) is 1. The van der Waals surface area contributed by atoms with Gasteiger partial charge < -0.3 is 5.32 Å². The summed E-state index contributed by atoms with van der Waals surface area (Å²) in [5.41, 5.74) is 1.34. The van der Waals surface area contributed by atoms with E-state index < -0.39 is 15.9 Å². The fourth-order valence-electron chi connectivity index (χ4n) is 2.37. The van der Waals surface area contributed by atoms with Crippen molar-refractivity contribution in [1.29, 1.82) is 0 Å². The summed E-state index contributed by atoms with van der Waals surface area (Å²) in [4.78, 5) is 16.8. The molecule has 2 aromatic carbocycles. The molecule has 0 bridgehead atoms. The van der Waals surface area contributed by atoms with Crippen LogP contribution in [0, 0.1) is 0 Å². The van der Waals surface area contributed by atoms with Gasteiger partial charge in [-0.2, -0.15) is 0 Å². The zero-order valence-corrected chi connectivity index (χ0v) is 14.7. The molecule has 0 aliphatic rings. The Kier molecular flexibility index (Phi) is 4.71. The van der Waals surface area contributed by atoms with Crippen molar-refractivity contribution in [1.82, 2.24) is 9.71 Å². The van der Waals surface area contributed by atoms with Crippen LogP contribution < -0.4 is 10.0 Å². The highest BCUT2D eigenvalue weighted by molar-refractivity contribution is 7.89. The van der Waals surface area contributed by atoms with Crippen molar-refractivity contribution in [2.75, 3.05) is 12.4 Å². The number of nitrogens with one attached hydrogen (secondary N) is 2. The van der Waals surface area contributed by atoms with Gasteiger partial charge in [0.05, 0.1) is 21.1 Å². The third-order valence-corrected chi connectivity index (χ3v) is 5.36. The molecule has 0 unspecified atom stereocenters. The van der Waals surface area contributed by atoms with Crippen LogP contribution in [0.4, 0.5) is 5.69 Å². The molecule has 0 spiro atoms. The minimum Gasteiger partial charge on any atom is -0.321 e. The molecule has 6 nitrogen and oxygen atoms in total. The lowest BCUT2D eigenvalue weighted by Gasteiger charge is -2.10. The molecule has 0 aliphatic heterocycles. The Morgan fingerprint density at radius 1 is 1.12 bits per heavy atom. The van der Waals surface area contributed by atoms with Gasteiger partial charge >= 0.3 is 0 Å². The van der Waals surface area contributed by atoms with Crippen LogP contribution in [0.1, 0.15) is 10.4 Å². The number of sulfonamides is 1. The molecule has 0 radical (unpaired) electrons. The van der Waals surface area contributed by atoms with Gasteiger partial charge in [-0.25, -0.2) is 13.1 Å². The van der Waals surface area contributed by atoms with Gasteiger partial charge in [0.1, 0.15) is 0 Å². The topological polar surface area (TPSA) is 88.2 Å². The molecule has 1 aromatic heterocycles. The lowest BCUT2D eigenvalue weighted by Crippen LogP contribution is -2.19. The van der Waals surface area contributed by atoms with Gasteiger partial charge in [0.15, 0.2) is 0 Å². The van der Waals surface area contributed by atoms with E-state index in [1.54, 1.807) is 36.5 Å². The molecule has 1 amide bonds. The average Bonchev–Trinajstić information content (AvgIpc) is 2.62. The Hall–Kier alpha value is -2.48. The molecule has 25 heavy (non-hydrogen) atoms. The van der Waals surface area contributed by atoms with Gasteiger partial charge in [0, 0.05) is 17.1 Å². The van der Waals surface area contributed by atoms with Crippen LogP contribution in [0.5, 0.6) is 0 Å². The van der Waals surface area contributed by atoms with Crippen molar-refractivity contribution in [2.24, 2.45) is 0 Å². The maximum Gasteiger partial charge on any atom is 0.255 e. The highest BCUT2D eigenvalue weighted by Crippen LogP contribution is 2.27. The summed E-state index contributed by atoms with van der Waals surface area (Å²) in [6.45, 7) is 0. The SMILES string of the molecule is CNS(=O)(=O)c1cccc(C(=O)Nc2ccnc3c(Cl)cccc23)c1. The fraction of sp³-hybridized carbons (Fsp3) is 0.0588. The van der Waals surface area contributed by atoms with Crippen molar-refractivity contribution < 1.29 is 13.2 Å². The van der Waals surface area contributed by atoms with Crippen molar-refractivity contribution >= 4 is 44.1 Å². The third kappa shape index (κ3) is 3.48. The number of aromatic nitrogens is 1. The highest BCUT2D eigenvalue weighted by atomic mass is 35.5. The summed E-state index contributed by atoms with van der Waals surface area (Å²) < 4.78 is 26.0. The predicted octanol–water partition coefficient (Wildman–Crippen LogP) is 3.05. The van der Waals surface area contributed by atoms with Crippen molar-refractivity contribution in [3.63, 3.8) is 0 Å². The van der Waals surface area contributed by atoms with Crippen LogP contribution in [0.15, 0.2) is 59.6 Å². The second kappa shape index (κ2) is 6.79. The van der Waals surface area contributed by atoms with E-state index in [0.717, 1.165) is 0 Å². The number of anilines is 1. The first kappa shape index (κ1) is 17.3. The zero-order valence-electron chi connectivity index (χ0n) is 13.2. The van der Waals surface area contributed by atoms with Crippen molar-refractivity contribution in [3.8, 4) is 0 Å². The predicted molar refractivity (Wildman–Crippen MR) is 97.4 cm³/mol. The monoisotopic (exact) mass is 375 g/mol. The Balaban J connectivity index is 1.97. The molecule has 0 saturated heterocycles. The number of carbonyl (C=O) groups excluding carboxylic acids is 1. The molecule has 0 atom stereocenters. The van der Waals surface area contributed by atoms with Gasteiger partial charge in [-0.15, -0.1) is 0 Å². The summed E-state index contributed by atoms with van der Waals surface area (Å²) in [6.07, 6.45) is 1.55. The molecule has 8 heteroatoms. The van der Waals surface area contributed by atoms with E-state index in [9.17, 15) is 13.2 Å². The normalized spacial score (nSPS) is 11.4. The molecule has 1 heterocycles. The van der Waals surface area contributed by atoms with Crippen LogP contribution in [0.25, 0.3) is 10.9 Å². The summed E-state index contributed by atoms with van der Waals surface area (Å²) in [5, 5.41) is 3.95. The van der Waals surface area contributed by atoms with E-state index in [2.05, 4.69) is 15.0 Å². The standard InChI is InChI=1S/C17H14ClN3O3S/c1-19-25(23,24)12-5-2-4-11(10-12)17(22)21-15-8-9-20-16-13(15)6-3-7-14(16)18/h2-10,19H,1H3,(H,20,21,22). The van der Waals surface area contributed by atoms with Crippen LogP contribution in [-0.2, 0) is 10.0 Å². The summed E-state index contributed by atoms with van der Waals surface area (Å²) in [6, 6.07) is 12.7. The van der Waals surface area contributed by atoms with E-state index in [4.69, 9.17) is 11.6 Å². The van der Waals surface area contributed by atoms with Gasteiger partial charge in [-0.1, -0.05) is 29.8 Å². The number of carbonyl (C=O) groups is 1. The molecule has 128 valence electrons. The molecule has 0 saturated carbocycles. The maximum atomic E-state index is 12.5. The van der Waals surface area contributed by atoms with Crippen LogP contribution in [0.2, 0.25) is 5.02 Å². The van der Waals surface area contributed by atoms with E-state index >= 15 is 0 Å². The first-order valence-corrected chi connectivity index (χ1v) is 9.17. The quantitative estimate of drug-likeness (QED) is 0.733. The number of amides is 1. The summed E-state index contributed by atoms with van der Waals surface area (Å²) in [7, 11) is -2.31. The molecule has 0 fully saturated rings. The van der Waals surface area contributed by atoms with Crippen LogP contribution in [0.3, 0.4) is 0 Å². The maximum absolute atomic E-state index is 12.5. The summed E-state index contributed by atoms with van der Waals surface area (Å²) in [5.74, 6) is -0.430. The van der Waals surface area contributed by atoms with Gasteiger partial charge in [0.25, 0.3) is 5.91 Å². The van der Waals surface area contributed by atoms with Gasteiger partial charge in [-0.05, 0) is 37.4 Å². The van der Waals surface area contributed by atoms with E-state index in [1.807, 2.05) is 0 Å². The molecule has 2 N–H and O–H groups in total. The molecule has 3 rings (SSSR count). The van der Waals surface area contributed by atoms with Crippen LogP contribution in [-0.4, -0.2) is 26.4 Å². The second-order valence-electron chi connectivity index (χ2n) is 5.18. The van der Waals surface area contributed by atoms with E-state index in [-0.39, 0.29) is 10.5 Å². The molecule has 3 aromatic rings. The lowest BCUT2D eigenvalue weighted by molar-refractivity contribution is 0.102.